The number of rotatable bonds is 4. The summed E-state index contributed by atoms with van der Waals surface area (Å²) in [6.45, 7) is 2.40. The summed E-state index contributed by atoms with van der Waals surface area (Å²) in [5, 5.41) is 11.6. The van der Waals surface area contributed by atoms with E-state index in [1.807, 2.05) is 55.5 Å². The average molecular weight is 281 g/mol. The van der Waals surface area contributed by atoms with Crippen LogP contribution in [0.2, 0.25) is 0 Å². The van der Waals surface area contributed by atoms with Gasteiger partial charge in [-0.05, 0) is 24.6 Å². The molecule has 2 aromatic carbocycles. The lowest BCUT2D eigenvalue weighted by atomic mass is 9.91. The molecule has 0 amide bonds. The van der Waals surface area contributed by atoms with Crippen molar-refractivity contribution in [2.45, 2.75) is 18.9 Å². The van der Waals surface area contributed by atoms with Gasteiger partial charge in [-0.2, -0.15) is 0 Å². The third kappa shape index (κ3) is 2.71. The van der Waals surface area contributed by atoms with Gasteiger partial charge in [-0.1, -0.05) is 48.0 Å². The van der Waals surface area contributed by atoms with Gasteiger partial charge in [0.25, 0.3) is 0 Å². The highest BCUT2D eigenvalue weighted by Crippen LogP contribution is 2.33. The molecule has 0 aliphatic rings. The van der Waals surface area contributed by atoms with Crippen LogP contribution >= 0.6 is 0 Å². The molecule has 108 valence electrons. The molecule has 0 radical (unpaired) electrons. The summed E-state index contributed by atoms with van der Waals surface area (Å²) in [4.78, 5) is 0. The number of aliphatic hydroxyl groups excluding tert-OH is 1. The van der Waals surface area contributed by atoms with E-state index in [0.29, 0.717) is 12.3 Å². The molecular formula is C18H19NO2. The number of aryl methyl sites for hydroxylation is 1. The van der Waals surface area contributed by atoms with Gasteiger partial charge >= 0.3 is 0 Å². The van der Waals surface area contributed by atoms with Crippen molar-refractivity contribution < 1.29 is 9.52 Å². The fourth-order valence-electron chi connectivity index (χ4n) is 2.69. The predicted octanol–water partition coefficient (Wildman–Crippen LogP) is 3.52. The number of benzene rings is 2. The lowest BCUT2D eigenvalue weighted by Gasteiger charge is -2.20. The molecule has 3 rings (SSSR count). The quantitative estimate of drug-likeness (QED) is 0.769. The molecule has 3 aromatic rings. The molecule has 2 atom stereocenters. The van der Waals surface area contributed by atoms with E-state index in [1.54, 1.807) is 0 Å². The fraction of sp³-hybridized carbons (Fsp3) is 0.222. The Morgan fingerprint density at radius 2 is 1.90 bits per heavy atom. The third-order valence-corrected chi connectivity index (χ3v) is 3.84. The van der Waals surface area contributed by atoms with Crippen LogP contribution in [0.3, 0.4) is 0 Å². The van der Waals surface area contributed by atoms with Gasteiger partial charge in [-0.15, -0.1) is 0 Å². The van der Waals surface area contributed by atoms with Crippen LogP contribution in [0.15, 0.2) is 59.0 Å². The second-order valence-electron chi connectivity index (χ2n) is 5.39. The van der Waals surface area contributed by atoms with Crippen LogP contribution in [0.4, 0.5) is 0 Å². The van der Waals surface area contributed by atoms with Crippen LogP contribution in [0.5, 0.6) is 0 Å². The Balaban J connectivity index is 1.96. The number of fused-ring (bicyclic) bond motifs is 1. The van der Waals surface area contributed by atoms with Crippen molar-refractivity contribution in [3.05, 3.63) is 71.5 Å². The molecular weight excluding hydrogens is 262 g/mol. The van der Waals surface area contributed by atoms with E-state index in [-0.39, 0.29) is 5.92 Å². The first-order chi connectivity index (χ1) is 10.2. The maximum atomic E-state index is 10.7. The molecule has 0 saturated carbocycles. The lowest BCUT2D eigenvalue weighted by Crippen LogP contribution is -2.19. The van der Waals surface area contributed by atoms with Crippen LogP contribution in [-0.2, 0) is 0 Å². The molecule has 3 nitrogen and oxygen atoms in total. The zero-order chi connectivity index (χ0) is 14.8. The van der Waals surface area contributed by atoms with Crippen LogP contribution in [0, 0.1) is 6.92 Å². The van der Waals surface area contributed by atoms with E-state index in [2.05, 4.69) is 6.07 Å². The Morgan fingerprint density at radius 3 is 2.62 bits per heavy atom. The van der Waals surface area contributed by atoms with Crippen LogP contribution in [0.1, 0.15) is 28.9 Å². The monoisotopic (exact) mass is 281 g/mol. The van der Waals surface area contributed by atoms with Crippen molar-refractivity contribution >= 4 is 11.0 Å². The van der Waals surface area contributed by atoms with E-state index in [0.717, 1.165) is 22.1 Å². The van der Waals surface area contributed by atoms with E-state index >= 15 is 0 Å². The van der Waals surface area contributed by atoms with Crippen LogP contribution in [0.25, 0.3) is 11.0 Å². The average Bonchev–Trinajstić information content (AvgIpc) is 2.92. The first kappa shape index (κ1) is 13.9. The second kappa shape index (κ2) is 5.72. The highest BCUT2D eigenvalue weighted by atomic mass is 16.4. The first-order valence-electron chi connectivity index (χ1n) is 7.12. The third-order valence-electron chi connectivity index (χ3n) is 3.84. The molecule has 1 heterocycles. The molecule has 21 heavy (non-hydrogen) atoms. The van der Waals surface area contributed by atoms with Crippen molar-refractivity contribution in [2.24, 2.45) is 5.73 Å². The van der Waals surface area contributed by atoms with E-state index in [1.165, 1.54) is 0 Å². The Morgan fingerprint density at radius 1 is 1.10 bits per heavy atom. The predicted molar refractivity (Wildman–Crippen MR) is 84.1 cm³/mol. The number of nitrogens with two attached hydrogens (primary N) is 1. The molecule has 1 aromatic heterocycles. The summed E-state index contributed by atoms with van der Waals surface area (Å²) >= 11 is 0. The summed E-state index contributed by atoms with van der Waals surface area (Å²) in [7, 11) is 0. The number of hydrogen-bond acceptors (Lipinski definition) is 3. The molecule has 0 aliphatic carbocycles. The second-order valence-corrected chi connectivity index (χ2v) is 5.39. The Labute approximate surface area is 124 Å². The largest absolute Gasteiger partial charge is 0.458 e. The number of hydrogen-bond donors (Lipinski definition) is 2. The van der Waals surface area contributed by atoms with Crippen molar-refractivity contribution in [2.75, 3.05) is 6.54 Å². The first-order valence-corrected chi connectivity index (χ1v) is 7.12. The minimum atomic E-state index is -0.746. The van der Waals surface area contributed by atoms with Crippen molar-refractivity contribution in [1.82, 2.24) is 0 Å². The molecule has 0 spiro atoms. The summed E-state index contributed by atoms with van der Waals surface area (Å²) < 4.78 is 5.76. The summed E-state index contributed by atoms with van der Waals surface area (Å²) in [6, 6.07) is 17.7. The Bertz CT molecular complexity index is 715. The smallest absolute Gasteiger partial charge is 0.134 e. The van der Waals surface area contributed by atoms with Crippen molar-refractivity contribution in [3.8, 4) is 0 Å². The van der Waals surface area contributed by atoms with Gasteiger partial charge in [-0.3, -0.25) is 0 Å². The maximum absolute atomic E-state index is 10.7. The minimum Gasteiger partial charge on any atom is -0.458 e. The standard InChI is InChI=1S/C18H19NO2/c1-12-5-4-7-13(9-12)15(11-19)18(20)17-10-14-6-2-3-8-16(14)21-17/h2-10,15,18,20H,11,19H2,1H3. The van der Waals surface area contributed by atoms with Crippen molar-refractivity contribution in [1.29, 1.82) is 0 Å². The maximum Gasteiger partial charge on any atom is 0.134 e. The van der Waals surface area contributed by atoms with E-state index < -0.39 is 6.10 Å². The highest BCUT2D eigenvalue weighted by Gasteiger charge is 2.24. The lowest BCUT2D eigenvalue weighted by molar-refractivity contribution is 0.124. The normalized spacial score (nSPS) is 14.2. The number of aliphatic hydroxyl groups is 1. The molecule has 0 bridgehead atoms. The highest BCUT2D eigenvalue weighted by molar-refractivity contribution is 5.77. The van der Waals surface area contributed by atoms with Gasteiger partial charge < -0.3 is 15.3 Å². The fourth-order valence-corrected chi connectivity index (χ4v) is 2.69. The Hall–Kier alpha value is -2.10. The molecule has 0 aliphatic heterocycles. The van der Waals surface area contributed by atoms with E-state index in [9.17, 15) is 5.11 Å². The summed E-state index contributed by atoms with van der Waals surface area (Å²) in [5.41, 5.74) is 8.86. The molecule has 0 saturated heterocycles. The molecule has 0 fully saturated rings. The van der Waals surface area contributed by atoms with E-state index in [4.69, 9.17) is 10.2 Å². The van der Waals surface area contributed by atoms with Gasteiger partial charge in [0.15, 0.2) is 0 Å². The molecule has 2 unspecified atom stereocenters. The van der Waals surface area contributed by atoms with Crippen molar-refractivity contribution in [3.63, 3.8) is 0 Å². The zero-order valence-corrected chi connectivity index (χ0v) is 12.0. The summed E-state index contributed by atoms with van der Waals surface area (Å²) in [6.07, 6.45) is -0.746. The SMILES string of the molecule is Cc1cccc(C(CN)C(O)c2cc3ccccc3o2)c1. The zero-order valence-electron chi connectivity index (χ0n) is 12.0. The number of furan rings is 1. The van der Waals surface area contributed by atoms with Gasteiger partial charge in [0.05, 0.1) is 0 Å². The van der Waals surface area contributed by atoms with Gasteiger partial charge in [0.1, 0.15) is 17.4 Å². The molecule has 3 N–H and O–H groups in total. The van der Waals surface area contributed by atoms with Gasteiger partial charge in [0.2, 0.25) is 0 Å². The molecule has 3 heteroatoms. The Kier molecular flexibility index (Phi) is 3.78. The van der Waals surface area contributed by atoms with Gasteiger partial charge in [0, 0.05) is 17.8 Å². The van der Waals surface area contributed by atoms with Gasteiger partial charge in [-0.25, -0.2) is 0 Å². The van der Waals surface area contributed by atoms with Crippen LogP contribution < -0.4 is 5.73 Å². The van der Waals surface area contributed by atoms with Crippen LogP contribution in [-0.4, -0.2) is 11.7 Å². The minimum absolute atomic E-state index is 0.175. The topological polar surface area (TPSA) is 59.4 Å². The number of para-hydroxylation sites is 1. The summed E-state index contributed by atoms with van der Waals surface area (Å²) in [5.74, 6) is 0.388.